The maximum atomic E-state index is 6.21. The Morgan fingerprint density at radius 1 is 1.16 bits per heavy atom. The Labute approximate surface area is 121 Å². The van der Waals surface area contributed by atoms with Gasteiger partial charge in [0.15, 0.2) is 11.5 Å². The molecule has 0 heterocycles. The van der Waals surface area contributed by atoms with Crippen molar-refractivity contribution in [2.45, 2.75) is 45.1 Å². The molecular formula is C15H24ClNO2. The summed E-state index contributed by atoms with van der Waals surface area (Å²) in [5.41, 5.74) is 7.21. The van der Waals surface area contributed by atoms with Gasteiger partial charge in [-0.1, -0.05) is 44.2 Å². The van der Waals surface area contributed by atoms with Gasteiger partial charge in [-0.2, -0.15) is 0 Å². The van der Waals surface area contributed by atoms with Crippen molar-refractivity contribution in [1.29, 1.82) is 0 Å². The van der Waals surface area contributed by atoms with E-state index >= 15 is 0 Å². The summed E-state index contributed by atoms with van der Waals surface area (Å²) in [4.78, 5) is 0. The van der Waals surface area contributed by atoms with E-state index in [1.54, 1.807) is 14.2 Å². The van der Waals surface area contributed by atoms with E-state index in [2.05, 4.69) is 6.92 Å². The van der Waals surface area contributed by atoms with Gasteiger partial charge in [-0.15, -0.1) is 0 Å². The molecule has 0 radical (unpaired) electrons. The summed E-state index contributed by atoms with van der Waals surface area (Å²) in [5.74, 6) is 1.19. The lowest BCUT2D eigenvalue weighted by molar-refractivity contribution is 0.354. The number of halogens is 1. The minimum atomic E-state index is -0.00541. The molecule has 4 heteroatoms. The first-order valence-electron chi connectivity index (χ1n) is 6.81. The van der Waals surface area contributed by atoms with Gasteiger partial charge in [0.2, 0.25) is 0 Å². The van der Waals surface area contributed by atoms with Gasteiger partial charge >= 0.3 is 0 Å². The number of benzene rings is 1. The zero-order valence-electron chi connectivity index (χ0n) is 12.0. The van der Waals surface area contributed by atoms with Crippen LogP contribution < -0.4 is 15.2 Å². The largest absolute Gasteiger partial charge is 0.493 e. The number of methoxy groups -OCH3 is 2. The van der Waals surface area contributed by atoms with E-state index in [1.807, 2.05) is 12.1 Å². The fourth-order valence-corrected chi connectivity index (χ4v) is 2.41. The Bertz CT molecular complexity index is 396. The van der Waals surface area contributed by atoms with Crippen molar-refractivity contribution in [3.05, 3.63) is 22.7 Å². The van der Waals surface area contributed by atoms with Crippen LogP contribution in [-0.4, -0.2) is 14.2 Å². The second-order valence-electron chi connectivity index (χ2n) is 4.69. The van der Waals surface area contributed by atoms with Crippen LogP contribution >= 0.6 is 11.6 Å². The first-order valence-corrected chi connectivity index (χ1v) is 7.18. The SMILES string of the molecule is CCCCCCC(N)c1cc(Cl)c(OC)c(OC)c1. The molecule has 0 saturated carbocycles. The Morgan fingerprint density at radius 2 is 1.89 bits per heavy atom. The highest BCUT2D eigenvalue weighted by molar-refractivity contribution is 6.32. The molecule has 3 nitrogen and oxygen atoms in total. The van der Waals surface area contributed by atoms with Crippen LogP contribution in [0.3, 0.4) is 0 Å². The highest BCUT2D eigenvalue weighted by atomic mass is 35.5. The third-order valence-corrected chi connectivity index (χ3v) is 3.53. The summed E-state index contributed by atoms with van der Waals surface area (Å²) < 4.78 is 10.5. The van der Waals surface area contributed by atoms with E-state index in [-0.39, 0.29) is 6.04 Å². The van der Waals surface area contributed by atoms with Gasteiger partial charge in [0.25, 0.3) is 0 Å². The molecule has 0 aromatic heterocycles. The van der Waals surface area contributed by atoms with Crippen LogP contribution in [0.15, 0.2) is 12.1 Å². The van der Waals surface area contributed by atoms with Crippen molar-refractivity contribution in [3.8, 4) is 11.5 Å². The maximum Gasteiger partial charge on any atom is 0.179 e. The Balaban J connectivity index is 2.74. The second kappa shape index (κ2) is 8.28. The van der Waals surface area contributed by atoms with Crippen LogP contribution in [0.2, 0.25) is 5.02 Å². The molecule has 2 N–H and O–H groups in total. The van der Waals surface area contributed by atoms with Gasteiger partial charge in [0.1, 0.15) is 0 Å². The molecule has 0 aliphatic heterocycles. The smallest absolute Gasteiger partial charge is 0.179 e. The standard InChI is InChI=1S/C15H24ClNO2/c1-4-5-6-7-8-13(17)11-9-12(16)15(19-3)14(10-11)18-2/h9-10,13H,4-8,17H2,1-3H3. The average Bonchev–Trinajstić information content (AvgIpc) is 2.42. The molecule has 0 aliphatic rings. The van der Waals surface area contributed by atoms with Crippen molar-refractivity contribution in [2.24, 2.45) is 5.73 Å². The first kappa shape index (κ1) is 16.1. The zero-order valence-corrected chi connectivity index (χ0v) is 12.8. The molecule has 1 aromatic carbocycles. The summed E-state index contributed by atoms with van der Waals surface area (Å²) in [6.07, 6.45) is 5.83. The van der Waals surface area contributed by atoms with Crippen LogP contribution in [0.1, 0.15) is 50.6 Å². The van der Waals surface area contributed by atoms with Crippen molar-refractivity contribution >= 4 is 11.6 Å². The predicted octanol–water partition coefficient (Wildman–Crippen LogP) is 4.33. The van der Waals surface area contributed by atoms with Crippen LogP contribution in [0.4, 0.5) is 0 Å². The van der Waals surface area contributed by atoms with E-state index in [0.29, 0.717) is 16.5 Å². The highest BCUT2D eigenvalue weighted by Gasteiger charge is 2.14. The second-order valence-corrected chi connectivity index (χ2v) is 5.10. The highest BCUT2D eigenvalue weighted by Crippen LogP contribution is 2.37. The van der Waals surface area contributed by atoms with Crippen LogP contribution in [0.25, 0.3) is 0 Å². The summed E-state index contributed by atoms with van der Waals surface area (Å²) in [6.45, 7) is 2.20. The third-order valence-electron chi connectivity index (χ3n) is 3.25. The first-order chi connectivity index (χ1) is 9.13. The minimum Gasteiger partial charge on any atom is -0.493 e. The van der Waals surface area contributed by atoms with E-state index in [1.165, 1.54) is 19.3 Å². The van der Waals surface area contributed by atoms with Crippen molar-refractivity contribution in [2.75, 3.05) is 14.2 Å². The van der Waals surface area contributed by atoms with E-state index in [9.17, 15) is 0 Å². The van der Waals surface area contributed by atoms with Crippen LogP contribution in [0.5, 0.6) is 11.5 Å². The maximum absolute atomic E-state index is 6.21. The Morgan fingerprint density at radius 3 is 2.47 bits per heavy atom. The van der Waals surface area contributed by atoms with Crippen LogP contribution in [0, 0.1) is 0 Å². The fraction of sp³-hybridized carbons (Fsp3) is 0.600. The molecule has 108 valence electrons. The molecule has 1 unspecified atom stereocenters. The fourth-order valence-electron chi connectivity index (χ4n) is 2.11. The van der Waals surface area contributed by atoms with Crippen molar-refractivity contribution in [1.82, 2.24) is 0 Å². The molecule has 0 amide bonds. The van der Waals surface area contributed by atoms with Gasteiger partial charge in [-0.3, -0.25) is 0 Å². The normalized spacial score (nSPS) is 12.3. The molecule has 0 aliphatic carbocycles. The minimum absolute atomic E-state index is 0.00541. The monoisotopic (exact) mass is 285 g/mol. The lowest BCUT2D eigenvalue weighted by atomic mass is 10.0. The average molecular weight is 286 g/mol. The molecule has 0 spiro atoms. The Kier molecular flexibility index (Phi) is 7.03. The van der Waals surface area contributed by atoms with Gasteiger partial charge in [0.05, 0.1) is 19.2 Å². The van der Waals surface area contributed by atoms with Crippen LogP contribution in [-0.2, 0) is 0 Å². The predicted molar refractivity (Wildman–Crippen MR) is 80.2 cm³/mol. The topological polar surface area (TPSA) is 44.5 Å². The number of rotatable bonds is 8. The zero-order chi connectivity index (χ0) is 14.3. The number of hydrogen-bond donors (Lipinski definition) is 1. The van der Waals surface area contributed by atoms with Gasteiger partial charge in [-0.25, -0.2) is 0 Å². The van der Waals surface area contributed by atoms with Crippen molar-refractivity contribution in [3.63, 3.8) is 0 Å². The molecule has 1 rings (SSSR count). The van der Waals surface area contributed by atoms with Gasteiger partial charge in [-0.05, 0) is 24.1 Å². The number of unbranched alkanes of at least 4 members (excludes halogenated alkanes) is 3. The molecular weight excluding hydrogens is 262 g/mol. The molecule has 0 fully saturated rings. The van der Waals surface area contributed by atoms with Gasteiger partial charge in [0, 0.05) is 6.04 Å². The lowest BCUT2D eigenvalue weighted by Gasteiger charge is -2.16. The molecule has 1 aromatic rings. The summed E-state index contributed by atoms with van der Waals surface area (Å²) in [6, 6.07) is 3.77. The third kappa shape index (κ3) is 4.59. The molecule has 19 heavy (non-hydrogen) atoms. The number of hydrogen-bond acceptors (Lipinski definition) is 3. The van der Waals surface area contributed by atoms with E-state index in [0.717, 1.165) is 18.4 Å². The quantitative estimate of drug-likeness (QED) is 0.723. The molecule has 1 atom stereocenters. The number of nitrogens with two attached hydrogens (primary N) is 1. The molecule has 0 bridgehead atoms. The van der Waals surface area contributed by atoms with Crippen molar-refractivity contribution < 1.29 is 9.47 Å². The van der Waals surface area contributed by atoms with E-state index in [4.69, 9.17) is 26.8 Å². The molecule has 0 saturated heterocycles. The lowest BCUT2D eigenvalue weighted by Crippen LogP contribution is -2.10. The summed E-state index contributed by atoms with van der Waals surface area (Å²) in [7, 11) is 3.18. The summed E-state index contributed by atoms with van der Waals surface area (Å²) in [5, 5.41) is 0.542. The van der Waals surface area contributed by atoms with E-state index < -0.39 is 0 Å². The number of ether oxygens (including phenoxy) is 2. The summed E-state index contributed by atoms with van der Waals surface area (Å²) >= 11 is 6.18. The van der Waals surface area contributed by atoms with Gasteiger partial charge < -0.3 is 15.2 Å². The Hall–Kier alpha value is -0.930.